The molecule has 0 bridgehead atoms. The molecule has 1 aromatic carbocycles. The summed E-state index contributed by atoms with van der Waals surface area (Å²) in [5.41, 5.74) is -1.71. The topological polar surface area (TPSA) is 40.1 Å². The van der Waals surface area contributed by atoms with Gasteiger partial charge in [0, 0.05) is 4.90 Å². The van der Waals surface area contributed by atoms with Crippen LogP contribution in [0.5, 0.6) is 0 Å². The highest BCUT2D eigenvalue weighted by molar-refractivity contribution is 7.79. The Morgan fingerprint density at radius 2 is 1.94 bits per heavy atom. The first-order valence-electron chi connectivity index (χ1n) is 5.06. The minimum atomic E-state index is -4.39. The summed E-state index contributed by atoms with van der Waals surface area (Å²) in [6, 6.07) is 4.23. The standard InChI is InChI=1S/C11H11F3O2S/c1-7-3-2-4-8(9(7)17(15)16)10(5-6-10)11(12,13)14/h2-4H,5-6H2,1H3,(H,15,16)/p-1. The molecule has 1 aromatic rings. The molecular weight excluding hydrogens is 253 g/mol. The molecule has 1 atom stereocenters. The van der Waals surface area contributed by atoms with Gasteiger partial charge in [-0.15, -0.1) is 0 Å². The molecule has 94 valence electrons. The maximum atomic E-state index is 13.0. The van der Waals surface area contributed by atoms with E-state index in [1.54, 1.807) is 0 Å². The van der Waals surface area contributed by atoms with Gasteiger partial charge in [0.2, 0.25) is 0 Å². The van der Waals surface area contributed by atoms with E-state index in [1.807, 2.05) is 0 Å². The lowest BCUT2D eigenvalue weighted by Crippen LogP contribution is -2.30. The Labute approximate surface area is 99.1 Å². The summed E-state index contributed by atoms with van der Waals surface area (Å²) in [4.78, 5) is -0.206. The normalized spacial score (nSPS) is 20.1. The molecule has 1 fully saturated rings. The molecule has 1 aliphatic carbocycles. The van der Waals surface area contributed by atoms with Crippen LogP contribution in [0.3, 0.4) is 0 Å². The Bertz CT molecular complexity index is 478. The average Bonchev–Trinajstić information content (AvgIpc) is 2.95. The SMILES string of the molecule is Cc1cccc(C2(C(F)(F)F)CC2)c1S(=O)[O-]. The van der Waals surface area contributed by atoms with E-state index in [9.17, 15) is 21.9 Å². The molecule has 1 aliphatic rings. The van der Waals surface area contributed by atoms with Crippen LogP contribution in [0.25, 0.3) is 0 Å². The second-order valence-corrected chi connectivity index (χ2v) is 5.14. The highest BCUT2D eigenvalue weighted by Gasteiger charge is 2.64. The molecule has 0 heterocycles. The number of rotatable bonds is 2. The first-order chi connectivity index (χ1) is 7.79. The Hall–Kier alpha value is -0.880. The van der Waals surface area contributed by atoms with Crippen LogP contribution in [0.1, 0.15) is 24.0 Å². The van der Waals surface area contributed by atoms with Crippen molar-refractivity contribution < 1.29 is 21.9 Å². The number of halogens is 3. The van der Waals surface area contributed by atoms with E-state index in [4.69, 9.17) is 0 Å². The molecule has 0 radical (unpaired) electrons. The highest BCUT2D eigenvalue weighted by Crippen LogP contribution is 2.60. The van der Waals surface area contributed by atoms with Crippen LogP contribution in [0, 0.1) is 6.92 Å². The van der Waals surface area contributed by atoms with Crippen LogP contribution >= 0.6 is 0 Å². The number of aryl methyl sites for hydroxylation is 1. The first-order valence-corrected chi connectivity index (χ1v) is 6.13. The minimum absolute atomic E-state index is 0.0375. The van der Waals surface area contributed by atoms with Crippen molar-refractivity contribution in [1.82, 2.24) is 0 Å². The zero-order valence-corrected chi connectivity index (χ0v) is 9.82. The Balaban J connectivity index is 2.62. The average molecular weight is 263 g/mol. The lowest BCUT2D eigenvalue weighted by molar-refractivity contribution is -0.161. The van der Waals surface area contributed by atoms with Gasteiger partial charge in [0.05, 0.1) is 5.41 Å². The number of hydrogen-bond donors (Lipinski definition) is 0. The molecule has 6 heteroatoms. The molecule has 0 amide bonds. The summed E-state index contributed by atoms with van der Waals surface area (Å²) in [6.45, 7) is 1.50. The van der Waals surface area contributed by atoms with Crippen LogP contribution in [0.4, 0.5) is 13.2 Å². The van der Waals surface area contributed by atoms with Gasteiger partial charge in [0.1, 0.15) is 0 Å². The van der Waals surface area contributed by atoms with Gasteiger partial charge in [-0.25, -0.2) is 0 Å². The minimum Gasteiger partial charge on any atom is -0.768 e. The van der Waals surface area contributed by atoms with Crippen LogP contribution in [-0.4, -0.2) is 14.9 Å². The molecule has 0 saturated heterocycles. The molecule has 0 N–H and O–H groups in total. The van der Waals surface area contributed by atoms with Gasteiger partial charge in [0.25, 0.3) is 0 Å². The van der Waals surface area contributed by atoms with E-state index in [-0.39, 0.29) is 23.3 Å². The predicted molar refractivity (Wildman–Crippen MR) is 55.3 cm³/mol. The summed E-state index contributed by atoms with van der Waals surface area (Å²) in [6.07, 6.45) is -4.47. The maximum Gasteiger partial charge on any atom is 0.398 e. The van der Waals surface area contributed by atoms with E-state index in [1.165, 1.54) is 25.1 Å². The van der Waals surface area contributed by atoms with Gasteiger partial charge in [-0.05, 0) is 42.0 Å². The number of alkyl halides is 3. The third-order valence-electron chi connectivity index (χ3n) is 3.19. The van der Waals surface area contributed by atoms with Gasteiger partial charge in [0.15, 0.2) is 0 Å². The fourth-order valence-electron chi connectivity index (χ4n) is 2.08. The Morgan fingerprint density at radius 3 is 2.35 bits per heavy atom. The monoisotopic (exact) mass is 263 g/mol. The maximum absolute atomic E-state index is 13.0. The quantitative estimate of drug-likeness (QED) is 0.770. The Morgan fingerprint density at radius 1 is 1.35 bits per heavy atom. The second-order valence-electron chi connectivity index (χ2n) is 4.27. The van der Waals surface area contributed by atoms with Crippen LogP contribution in [0.2, 0.25) is 0 Å². The fraction of sp³-hybridized carbons (Fsp3) is 0.455. The van der Waals surface area contributed by atoms with Crippen molar-refractivity contribution in [2.45, 2.75) is 36.3 Å². The lowest BCUT2D eigenvalue weighted by Gasteiger charge is -2.24. The number of benzene rings is 1. The molecule has 0 aromatic heterocycles. The third kappa shape index (κ3) is 1.89. The molecular formula is C11H10F3O2S-. The van der Waals surface area contributed by atoms with Crippen molar-refractivity contribution in [3.8, 4) is 0 Å². The van der Waals surface area contributed by atoms with E-state index in [2.05, 4.69) is 0 Å². The number of hydrogen-bond acceptors (Lipinski definition) is 2. The van der Waals surface area contributed by atoms with Crippen molar-refractivity contribution in [2.24, 2.45) is 0 Å². The molecule has 1 unspecified atom stereocenters. The van der Waals surface area contributed by atoms with Gasteiger partial charge in [-0.1, -0.05) is 18.2 Å². The van der Waals surface area contributed by atoms with Gasteiger partial charge in [-0.3, -0.25) is 4.21 Å². The molecule has 2 rings (SSSR count). The lowest BCUT2D eigenvalue weighted by atomic mass is 9.94. The van der Waals surface area contributed by atoms with E-state index in [0.717, 1.165) is 0 Å². The fourth-order valence-corrected chi connectivity index (χ4v) is 2.85. The van der Waals surface area contributed by atoms with Gasteiger partial charge in [-0.2, -0.15) is 13.2 Å². The Kier molecular flexibility index (Phi) is 2.82. The largest absolute Gasteiger partial charge is 0.768 e. The van der Waals surface area contributed by atoms with Crippen molar-refractivity contribution >= 4 is 11.1 Å². The summed E-state index contributed by atoms with van der Waals surface area (Å²) in [7, 11) is 0. The van der Waals surface area contributed by atoms with E-state index in [0.29, 0.717) is 5.56 Å². The van der Waals surface area contributed by atoms with Crippen LogP contribution in [0.15, 0.2) is 23.1 Å². The van der Waals surface area contributed by atoms with E-state index < -0.39 is 22.7 Å². The molecule has 17 heavy (non-hydrogen) atoms. The van der Waals surface area contributed by atoms with Crippen LogP contribution < -0.4 is 0 Å². The highest BCUT2D eigenvalue weighted by atomic mass is 32.2. The second kappa shape index (κ2) is 3.81. The zero-order valence-electron chi connectivity index (χ0n) is 9.00. The summed E-state index contributed by atoms with van der Waals surface area (Å²) in [5.74, 6) is 0. The smallest absolute Gasteiger partial charge is 0.398 e. The summed E-state index contributed by atoms with van der Waals surface area (Å²) < 4.78 is 61.0. The summed E-state index contributed by atoms with van der Waals surface area (Å²) in [5, 5.41) is 0. The van der Waals surface area contributed by atoms with Crippen molar-refractivity contribution in [3.63, 3.8) is 0 Å². The zero-order chi connectivity index (χ0) is 12.8. The van der Waals surface area contributed by atoms with Crippen molar-refractivity contribution in [1.29, 1.82) is 0 Å². The molecule has 1 saturated carbocycles. The van der Waals surface area contributed by atoms with Crippen molar-refractivity contribution in [3.05, 3.63) is 29.3 Å². The van der Waals surface area contributed by atoms with Crippen molar-refractivity contribution in [2.75, 3.05) is 0 Å². The van der Waals surface area contributed by atoms with Crippen LogP contribution in [-0.2, 0) is 16.5 Å². The van der Waals surface area contributed by atoms with Gasteiger partial charge < -0.3 is 4.55 Å². The first kappa shape index (κ1) is 12.6. The molecule has 0 aliphatic heterocycles. The third-order valence-corrected chi connectivity index (χ3v) is 4.06. The molecule has 2 nitrogen and oxygen atoms in total. The predicted octanol–water partition coefficient (Wildman–Crippen LogP) is 2.83. The summed E-state index contributed by atoms with van der Waals surface area (Å²) >= 11 is -2.64. The molecule has 0 spiro atoms. The van der Waals surface area contributed by atoms with Gasteiger partial charge >= 0.3 is 6.18 Å². The van der Waals surface area contributed by atoms with E-state index >= 15 is 0 Å².